The number of piperidine rings is 1. The van der Waals surface area contributed by atoms with Crippen molar-refractivity contribution in [2.24, 2.45) is 4.99 Å². The molecule has 2 aromatic rings. The summed E-state index contributed by atoms with van der Waals surface area (Å²) in [5.41, 5.74) is 1.83. The molecule has 9 heteroatoms. The summed E-state index contributed by atoms with van der Waals surface area (Å²) >= 11 is 0. The average Bonchev–Trinajstić information content (AvgIpc) is 3.24. The Morgan fingerprint density at radius 1 is 1.23 bits per heavy atom. The maximum absolute atomic E-state index is 13.1. The van der Waals surface area contributed by atoms with Crippen molar-refractivity contribution in [1.29, 1.82) is 0 Å². The number of nitrogens with zero attached hydrogens (tertiary/aromatic N) is 4. The summed E-state index contributed by atoms with van der Waals surface area (Å²) in [6.07, 6.45) is 6.02. The van der Waals surface area contributed by atoms with Crippen LogP contribution in [0.15, 0.2) is 41.5 Å². The average molecular weight is 544 g/mol. The molecule has 1 aliphatic heterocycles. The van der Waals surface area contributed by atoms with E-state index in [1.807, 2.05) is 12.3 Å². The van der Waals surface area contributed by atoms with Crippen molar-refractivity contribution >= 4 is 29.9 Å². The Kier molecular flexibility index (Phi) is 11.2. The smallest absolute Gasteiger partial charge is 0.191 e. The summed E-state index contributed by atoms with van der Waals surface area (Å²) in [5, 5.41) is 11.5. The van der Waals surface area contributed by atoms with Crippen molar-refractivity contribution in [3.63, 3.8) is 0 Å². The SMILES string of the molecule is CN=C(NCCc1ccn(-c2ccc(F)cc2)n1)NC1CCN(CCCOC)CC1.I. The number of hydrogen-bond acceptors (Lipinski definition) is 4. The minimum Gasteiger partial charge on any atom is -0.385 e. The number of likely N-dealkylation sites (tertiary alicyclic amines) is 1. The van der Waals surface area contributed by atoms with Gasteiger partial charge in [0.05, 0.1) is 11.4 Å². The first-order valence-electron chi connectivity index (χ1n) is 10.7. The summed E-state index contributed by atoms with van der Waals surface area (Å²) in [5.74, 6) is 0.594. The maximum atomic E-state index is 13.1. The fourth-order valence-corrected chi connectivity index (χ4v) is 3.66. The number of methoxy groups -OCH3 is 1. The molecule has 1 saturated heterocycles. The molecule has 0 unspecified atom stereocenters. The van der Waals surface area contributed by atoms with E-state index < -0.39 is 0 Å². The van der Waals surface area contributed by atoms with Crippen LogP contribution >= 0.6 is 24.0 Å². The van der Waals surface area contributed by atoms with Crippen molar-refractivity contribution in [2.75, 3.05) is 46.9 Å². The van der Waals surface area contributed by atoms with Gasteiger partial charge in [0.1, 0.15) is 5.82 Å². The minimum atomic E-state index is -0.244. The van der Waals surface area contributed by atoms with E-state index in [9.17, 15) is 4.39 Å². The highest BCUT2D eigenvalue weighted by molar-refractivity contribution is 14.0. The lowest BCUT2D eigenvalue weighted by atomic mass is 10.1. The van der Waals surface area contributed by atoms with Gasteiger partial charge in [-0.3, -0.25) is 4.99 Å². The highest BCUT2D eigenvalue weighted by Gasteiger charge is 2.19. The fraction of sp³-hybridized carbons (Fsp3) is 0.545. The fourth-order valence-electron chi connectivity index (χ4n) is 3.66. The van der Waals surface area contributed by atoms with Crippen LogP contribution in [0, 0.1) is 5.82 Å². The molecule has 7 nitrogen and oxygen atoms in total. The summed E-state index contributed by atoms with van der Waals surface area (Å²) in [6, 6.07) is 8.77. The first kappa shape index (κ1) is 25.5. The minimum absolute atomic E-state index is 0. The number of ether oxygens (including phenoxy) is 1. The number of nitrogens with one attached hydrogen (secondary N) is 2. The van der Waals surface area contributed by atoms with Crippen molar-refractivity contribution in [3.05, 3.63) is 48.0 Å². The van der Waals surface area contributed by atoms with Gasteiger partial charge < -0.3 is 20.3 Å². The Labute approximate surface area is 201 Å². The van der Waals surface area contributed by atoms with Gasteiger partial charge in [-0.1, -0.05) is 0 Å². The van der Waals surface area contributed by atoms with Gasteiger partial charge in [-0.15, -0.1) is 24.0 Å². The number of halogens is 2. The van der Waals surface area contributed by atoms with Gasteiger partial charge >= 0.3 is 0 Å². The second kappa shape index (κ2) is 13.6. The van der Waals surface area contributed by atoms with Crippen LogP contribution in [0.4, 0.5) is 4.39 Å². The van der Waals surface area contributed by atoms with Crippen LogP contribution in [0.3, 0.4) is 0 Å². The van der Waals surface area contributed by atoms with E-state index in [2.05, 4.69) is 25.6 Å². The summed E-state index contributed by atoms with van der Waals surface area (Å²) in [4.78, 5) is 6.86. The largest absolute Gasteiger partial charge is 0.385 e. The molecule has 31 heavy (non-hydrogen) atoms. The van der Waals surface area contributed by atoms with Crippen LogP contribution in [-0.2, 0) is 11.2 Å². The van der Waals surface area contributed by atoms with Crippen LogP contribution in [-0.4, -0.2) is 73.6 Å². The van der Waals surface area contributed by atoms with Crippen molar-refractivity contribution < 1.29 is 9.13 Å². The Morgan fingerprint density at radius 3 is 2.65 bits per heavy atom. The van der Waals surface area contributed by atoms with Crippen LogP contribution < -0.4 is 10.6 Å². The number of benzene rings is 1. The Bertz CT molecular complexity index is 790. The summed E-state index contributed by atoms with van der Waals surface area (Å²) in [6.45, 7) is 4.91. The molecule has 1 aromatic heterocycles. The molecule has 0 amide bonds. The van der Waals surface area contributed by atoms with E-state index in [0.717, 1.165) is 75.8 Å². The third-order valence-corrected chi connectivity index (χ3v) is 5.38. The van der Waals surface area contributed by atoms with Gasteiger partial charge in [0.15, 0.2) is 5.96 Å². The molecule has 2 heterocycles. The van der Waals surface area contributed by atoms with Crippen LogP contribution in [0.2, 0.25) is 0 Å². The van der Waals surface area contributed by atoms with E-state index >= 15 is 0 Å². The molecule has 1 fully saturated rings. The number of aliphatic imine (C=N–C) groups is 1. The molecular weight excluding hydrogens is 510 g/mol. The zero-order chi connectivity index (χ0) is 21.2. The molecule has 2 N–H and O–H groups in total. The Morgan fingerprint density at radius 2 is 1.97 bits per heavy atom. The standard InChI is InChI=1S/C22H33FN6O.HI/c1-24-22(26-19-9-14-28(15-10-19)13-3-17-30-2)25-12-8-20-11-16-29(27-20)21-6-4-18(23)5-7-21;/h4-7,11,16,19H,3,8-10,12-15,17H2,1-2H3,(H2,24,25,26);1H. The first-order chi connectivity index (χ1) is 14.7. The van der Waals surface area contributed by atoms with Crippen molar-refractivity contribution in [3.8, 4) is 5.69 Å². The van der Waals surface area contributed by atoms with Gasteiger partial charge in [-0.2, -0.15) is 5.10 Å². The predicted octanol–water partition coefficient (Wildman–Crippen LogP) is 2.84. The molecule has 0 radical (unpaired) electrons. The predicted molar refractivity (Wildman–Crippen MR) is 133 cm³/mol. The molecule has 172 valence electrons. The summed E-state index contributed by atoms with van der Waals surface area (Å²) in [7, 11) is 3.56. The highest BCUT2D eigenvalue weighted by atomic mass is 127. The van der Waals surface area contributed by atoms with Gasteiger partial charge in [-0.25, -0.2) is 9.07 Å². The lowest BCUT2D eigenvalue weighted by Crippen LogP contribution is -2.49. The normalized spacial score (nSPS) is 15.5. The molecule has 0 bridgehead atoms. The highest BCUT2D eigenvalue weighted by Crippen LogP contribution is 2.11. The van der Waals surface area contributed by atoms with Crippen molar-refractivity contribution in [1.82, 2.24) is 25.3 Å². The zero-order valence-corrected chi connectivity index (χ0v) is 20.7. The van der Waals surface area contributed by atoms with Gasteiger partial charge in [-0.05, 0) is 49.6 Å². The third-order valence-electron chi connectivity index (χ3n) is 5.38. The number of rotatable bonds is 9. The topological polar surface area (TPSA) is 66.7 Å². The van der Waals surface area contributed by atoms with Crippen LogP contribution in [0.1, 0.15) is 25.0 Å². The number of aromatic nitrogens is 2. The van der Waals surface area contributed by atoms with Crippen LogP contribution in [0.5, 0.6) is 0 Å². The van der Waals surface area contributed by atoms with E-state index in [-0.39, 0.29) is 29.8 Å². The molecule has 1 aromatic carbocycles. The number of hydrogen-bond donors (Lipinski definition) is 2. The lowest BCUT2D eigenvalue weighted by Gasteiger charge is -2.33. The van der Waals surface area contributed by atoms with E-state index in [1.54, 1.807) is 31.0 Å². The molecule has 3 rings (SSSR count). The number of guanidine groups is 1. The molecule has 0 saturated carbocycles. The second-order valence-electron chi connectivity index (χ2n) is 7.58. The van der Waals surface area contributed by atoms with Gasteiger partial charge in [0, 0.05) is 65.6 Å². The lowest BCUT2D eigenvalue weighted by molar-refractivity contribution is 0.155. The van der Waals surface area contributed by atoms with E-state index in [4.69, 9.17) is 4.74 Å². The third kappa shape index (κ3) is 8.38. The molecule has 1 aliphatic rings. The maximum Gasteiger partial charge on any atom is 0.191 e. The molecular formula is C22H34FIN6O. The Balaban J connectivity index is 0.00000341. The summed E-state index contributed by atoms with van der Waals surface area (Å²) < 4.78 is 20.0. The second-order valence-corrected chi connectivity index (χ2v) is 7.58. The van der Waals surface area contributed by atoms with E-state index in [0.29, 0.717) is 6.04 Å². The Hall–Kier alpha value is -1.72. The quantitative estimate of drug-likeness (QED) is 0.220. The molecule has 0 spiro atoms. The first-order valence-corrected chi connectivity index (χ1v) is 10.7. The van der Waals surface area contributed by atoms with Crippen molar-refractivity contribution in [2.45, 2.75) is 31.7 Å². The van der Waals surface area contributed by atoms with Gasteiger partial charge in [0.25, 0.3) is 0 Å². The molecule has 0 atom stereocenters. The van der Waals surface area contributed by atoms with Crippen LogP contribution in [0.25, 0.3) is 5.69 Å². The van der Waals surface area contributed by atoms with Gasteiger partial charge in [0.2, 0.25) is 0 Å². The monoisotopic (exact) mass is 544 g/mol. The zero-order valence-electron chi connectivity index (χ0n) is 18.4. The van der Waals surface area contributed by atoms with E-state index in [1.165, 1.54) is 12.1 Å². The molecule has 0 aliphatic carbocycles.